The number of allylic oxidation sites excluding steroid dienone is 1. The lowest BCUT2D eigenvalue weighted by atomic mass is 10.2. The van der Waals surface area contributed by atoms with Gasteiger partial charge in [0, 0.05) is 12.1 Å². The SMILES string of the molecule is Nc1cc(C=CCCl)cnc1N. The molecule has 1 aromatic heterocycles. The van der Waals surface area contributed by atoms with E-state index in [-0.39, 0.29) is 0 Å². The van der Waals surface area contributed by atoms with Gasteiger partial charge in [-0.1, -0.05) is 12.2 Å². The summed E-state index contributed by atoms with van der Waals surface area (Å²) in [7, 11) is 0. The molecule has 0 atom stereocenters. The smallest absolute Gasteiger partial charge is 0.146 e. The Morgan fingerprint density at radius 2 is 2.25 bits per heavy atom. The molecule has 12 heavy (non-hydrogen) atoms. The molecule has 0 bridgehead atoms. The van der Waals surface area contributed by atoms with Gasteiger partial charge in [0.05, 0.1) is 5.69 Å². The van der Waals surface area contributed by atoms with Crippen molar-refractivity contribution in [2.24, 2.45) is 0 Å². The molecule has 0 saturated heterocycles. The first kappa shape index (κ1) is 8.87. The minimum Gasteiger partial charge on any atom is -0.396 e. The Balaban J connectivity index is 2.89. The Kier molecular flexibility index (Phi) is 2.94. The maximum absolute atomic E-state index is 5.54. The van der Waals surface area contributed by atoms with Crippen LogP contribution < -0.4 is 11.5 Å². The molecule has 0 aliphatic carbocycles. The predicted molar refractivity (Wildman–Crippen MR) is 52.8 cm³/mol. The lowest BCUT2D eigenvalue weighted by Gasteiger charge is -1.98. The van der Waals surface area contributed by atoms with Crippen LogP contribution in [0.4, 0.5) is 11.5 Å². The van der Waals surface area contributed by atoms with Crippen molar-refractivity contribution < 1.29 is 0 Å². The van der Waals surface area contributed by atoms with Crippen molar-refractivity contribution in [2.45, 2.75) is 0 Å². The van der Waals surface area contributed by atoms with Crippen molar-refractivity contribution in [1.29, 1.82) is 0 Å². The fraction of sp³-hybridized carbons (Fsp3) is 0.125. The zero-order valence-electron chi connectivity index (χ0n) is 6.50. The number of aromatic nitrogens is 1. The number of nitrogen functional groups attached to an aromatic ring is 2. The molecule has 0 aromatic carbocycles. The Morgan fingerprint density at radius 1 is 1.50 bits per heavy atom. The molecule has 0 aliphatic rings. The normalized spacial score (nSPS) is 10.8. The Bertz CT molecular complexity index is 296. The summed E-state index contributed by atoms with van der Waals surface area (Å²) in [6.07, 6.45) is 5.30. The van der Waals surface area contributed by atoms with E-state index in [1.807, 2.05) is 12.2 Å². The molecule has 0 spiro atoms. The summed E-state index contributed by atoms with van der Waals surface area (Å²) in [5.41, 5.74) is 12.4. The molecule has 0 unspecified atom stereocenters. The lowest BCUT2D eigenvalue weighted by Crippen LogP contribution is -1.97. The highest BCUT2D eigenvalue weighted by atomic mass is 35.5. The first-order chi connectivity index (χ1) is 5.74. The zero-order valence-corrected chi connectivity index (χ0v) is 7.25. The van der Waals surface area contributed by atoms with Gasteiger partial charge in [0.25, 0.3) is 0 Å². The van der Waals surface area contributed by atoms with Gasteiger partial charge in [-0.25, -0.2) is 4.98 Å². The highest BCUT2D eigenvalue weighted by Gasteiger charge is 1.94. The van der Waals surface area contributed by atoms with Crippen molar-refractivity contribution in [1.82, 2.24) is 4.98 Å². The van der Waals surface area contributed by atoms with Gasteiger partial charge in [0.15, 0.2) is 0 Å². The largest absolute Gasteiger partial charge is 0.396 e. The van der Waals surface area contributed by atoms with Crippen molar-refractivity contribution in [3.8, 4) is 0 Å². The fourth-order valence-electron chi connectivity index (χ4n) is 0.781. The van der Waals surface area contributed by atoms with Gasteiger partial charge in [0.1, 0.15) is 5.82 Å². The highest BCUT2D eigenvalue weighted by molar-refractivity contribution is 6.19. The minimum absolute atomic E-state index is 0.359. The topological polar surface area (TPSA) is 64.9 Å². The van der Waals surface area contributed by atoms with Gasteiger partial charge < -0.3 is 11.5 Å². The second-order valence-corrected chi connectivity index (χ2v) is 2.61. The van der Waals surface area contributed by atoms with Crippen LogP contribution in [0.15, 0.2) is 18.3 Å². The van der Waals surface area contributed by atoms with E-state index >= 15 is 0 Å². The Labute approximate surface area is 76.0 Å². The van der Waals surface area contributed by atoms with Crippen LogP contribution in [-0.2, 0) is 0 Å². The number of nitrogens with two attached hydrogens (primary N) is 2. The summed E-state index contributed by atoms with van der Waals surface area (Å²) in [6, 6.07) is 1.76. The maximum Gasteiger partial charge on any atom is 0.146 e. The minimum atomic E-state index is 0.359. The maximum atomic E-state index is 5.54. The van der Waals surface area contributed by atoms with Gasteiger partial charge in [-0.2, -0.15) is 0 Å². The number of hydrogen-bond acceptors (Lipinski definition) is 3. The van der Waals surface area contributed by atoms with E-state index in [1.54, 1.807) is 12.3 Å². The van der Waals surface area contributed by atoms with E-state index in [4.69, 9.17) is 23.1 Å². The summed E-state index contributed by atoms with van der Waals surface area (Å²) in [5, 5.41) is 0. The van der Waals surface area contributed by atoms with Gasteiger partial charge in [-0.05, 0) is 11.6 Å². The van der Waals surface area contributed by atoms with Crippen LogP contribution in [0.2, 0.25) is 0 Å². The fourth-order valence-corrected chi connectivity index (χ4v) is 0.870. The number of pyridine rings is 1. The third-order valence-corrected chi connectivity index (χ3v) is 1.55. The van der Waals surface area contributed by atoms with E-state index in [9.17, 15) is 0 Å². The number of nitrogens with zero attached hydrogens (tertiary/aromatic N) is 1. The monoisotopic (exact) mass is 183 g/mol. The number of alkyl halides is 1. The molecule has 0 saturated carbocycles. The lowest BCUT2D eigenvalue weighted by molar-refractivity contribution is 1.33. The van der Waals surface area contributed by atoms with Gasteiger partial charge in [0.2, 0.25) is 0 Å². The number of anilines is 2. The predicted octanol–water partition coefficient (Wildman–Crippen LogP) is 1.50. The summed E-state index contributed by atoms with van der Waals surface area (Å²) < 4.78 is 0. The number of rotatable bonds is 2. The van der Waals surface area contributed by atoms with Crippen LogP contribution in [0.5, 0.6) is 0 Å². The Hall–Kier alpha value is -1.22. The second kappa shape index (κ2) is 3.97. The summed E-state index contributed by atoms with van der Waals surface area (Å²) in [4.78, 5) is 3.89. The zero-order chi connectivity index (χ0) is 8.97. The standard InChI is InChI=1S/C8H10ClN3/c9-3-1-2-6-4-7(10)8(11)12-5-6/h1-2,4-5H,3,10H2,(H2,11,12). The van der Waals surface area contributed by atoms with E-state index in [2.05, 4.69) is 4.98 Å². The van der Waals surface area contributed by atoms with E-state index in [0.717, 1.165) is 5.56 Å². The molecule has 64 valence electrons. The second-order valence-electron chi connectivity index (χ2n) is 2.30. The molecule has 0 fully saturated rings. The Morgan fingerprint density at radius 3 is 2.83 bits per heavy atom. The van der Waals surface area contributed by atoms with Crippen molar-refractivity contribution in [3.05, 3.63) is 23.9 Å². The van der Waals surface area contributed by atoms with E-state index in [1.165, 1.54) is 0 Å². The molecule has 0 aliphatic heterocycles. The third-order valence-electron chi connectivity index (χ3n) is 1.37. The molecule has 1 rings (SSSR count). The van der Waals surface area contributed by atoms with Gasteiger partial charge in [-0.15, -0.1) is 11.6 Å². The third kappa shape index (κ3) is 2.13. The van der Waals surface area contributed by atoms with Crippen LogP contribution in [0.25, 0.3) is 6.08 Å². The van der Waals surface area contributed by atoms with E-state index < -0.39 is 0 Å². The molecule has 4 N–H and O–H groups in total. The van der Waals surface area contributed by atoms with Crippen LogP contribution in [0.1, 0.15) is 5.56 Å². The first-order valence-corrected chi connectivity index (χ1v) is 4.01. The van der Waals surface area contributed by atoms with E-state index in [0.29, 0.717) is 17.4 Å². The molecule has 1 heterocycles. The van der Waals surface area contributed by atoms with Crippen LogP contribution >= 0.6 is 11.6 Å². The molecule has 0 amide bonds. The van der Waals surface area contributed by atoms with Crippen molar-refractivity contribution in [2.75, 3.05) is 17.3 Å². The van der Waals surface area contributed by atoms with Gasteiger partial charge >= 0.3 is 0 Å². The average molecular weight is 184 g/mol. The van der Waals surface area contributed by atoms with Crippen LogP contribution in [0, 0.1) is 0 Å². The summed E-state index contributed by atoms with van der Waals surface area (Å²) >= 11 is 5.46. The van der Waals surface area contributed by atoms with Crippen LogP contribution in [0.3, 0.4) is 0 Å². The van der Waals surface area contributed by atoms with Gasteiger partial charge in [-0.3, -0.25) is 0 Å². The molecule has 4 heteroatoms. The van der Waals surface area contributed by atoms with Crippen LogP contribution in [-0.4, -0.2) is 10.9 Å². The molecule has 0 radical (unpaired) electrons. The summed E-state index contributed by atoms with van der Waals surface area (Å²) in [6.45, 7) is 0. The highest BCUT2D eigenvalue weighted by Crippen LogP contribution is 2.13. The first-order valence-electron chi connectivity index (χ1n) is 3.47. The van der Waals surface area contributed by atoms with Crippen molar-refractivity contribution >= 4 is 29.2 Å². The number of hydrogen-bond donors (Lipinski definition) is 2. The summed E-state index contributed by atoms with van der Waals surface area (Å²) in [5.74, 6) is 0.836. The molecule has 3 nitrogen and oxygen atoms in total. The average Bonchev–Trinajstić information content (AvgIpc) is 2.07. The quantitative estimate of drug-likeness (QED) is 0.683. The van der Waals surface area contributed by atoms with Crippen molar-refractivity contribution in [3.63, 3.8) is 0 Å². The molecule has 1 aromatic rings. The number of halogens is 1. The molecular weight excluding hydrogens is 174 g/mol. The molecular formula is C8H10ClN3.